The van der Waals surface area contributed by atoms with Crippen molar-refractivity contribution in [3.8, 4) is 11.1 Å². The number of hydrogen-bond donors (Lipinski definition) is 0. The molecule has 0 aliphatic rings. The molecular weight excluding hydrogens is 422 g/mol. The molecule has 0 amide bonds. The summed E-state index contributed by atoms with van der Waals surface area (Å²) in [7, 11) is 0. The number of aryl methyl sites for hydroxylation is 4. The number of benzene rings is 3. The van der Waals surface area contributed by atoms with Crippen molar-refractivity contribution in [1.82, 2.24) is 0 Å². The summed E-state index contributed by atoms with van der Waals surface area (Å²) in [5.74, 6) is -0.216. The fourth-order valence-electron chi connectivity index (χ4n) is 4.21. The standard InChI is InChI=1S/C32H36F2/c1-3-5-7-12-26-17-20-28(31(33)23-26)14-10-9-11-25-15-18-27(19-16-25)30-22-21-29(32(34)24-30)13-8-6-4-2/h3-6,15-24H,7-14H2,1-2H3/b5-3+,6-4+. The molecular formula is C32H36F2. The van der Waals surface area contributed by atoms with E-state index in [2.05, 4.69) is 42.5 Å². The molecule has 0 N–H and O–H groups in total. The fraction of sp³-hybridized carbons (Fsp3) is 0.312. The molecule has 34 heavy (non-hydrogen) atoms. The van der Waals surface area contributed by atoms with Crippen molar-refractivity contribution < 1.29 is 8.78 Å². The second-order valence-electron chi connectivity index (χ2n) is 8.85. The molecule has 0 heterocycles. The van der Waals surface area contributed by atoms with E-state index in [0.29, 0.717) is 0 Å². The van der Waals surface area contributed by atoms with E-state index in [9.17, 15) is 8.78 Å². The Hall–Kier alpha value is -3.00. The lowest BCUT2D eigenvalue weighted by Gasteiger charge is -2.08. The van der Waals surface area contributed by atoms with Crippen LogP contribution in [0.4, 0.5) is 8.78 Å². The van der Waals surface area contributed by atoms with Gasteiger partial charge >= 0.3 is 0 Å². The van der Waals surface area contributed by atoms with Gasteiger partial charge in [-0.3, -0.25) is 0 Å². The summed E-state index contributed by atoms with van der Waals surface area (Å²) in [6, 6.07) is 19.6. The van der Waals surface area contributed by atoms with E-state index in [1.807, 2.05) is 44.2 Å². The minimum Gasteiger partial charge on any atom is -0.207 e. The van der Waals surface area contributed by atoms with Crippen molar-refractivity contribution in [2.45, 2.75) is 65.2 Å². The molecule has 3 rings (SSSR count). The first-order chi connectivity index (χ1) is 16.6. The summed E-state index contributed by atoms with van der Waals surface area (Å²) in [6.45, 7) is 3.99. The minimum absolute atomic E-state index is 0.0811. The molecule has 0 nitrogen and oxygen atoms in total. The molecule has 0 saturated carbocycles. The Bertz CT molecular complexity index is 1090. The first-order valence-electron chi connectivity index (χ1n) is 12.5. The van der Waals surface area contributed by atoms with Crippen LogP contribution in [-0.2, 0) is 25.7 Å². The Balaban J connectivity index is 1.48. The SMILES string of the molecule is C/C=C/CCc1ccc(CCCCc2ccc(-c3ccc(CC/C=C/C)c(F)c3)cc2)c(F)c1. The highest BCUT2D eigenvalue weighted by Crippen LogP contribution is 2.24. The van der Waals surface area contributed by atoms with Crippen molar-refractivity contribution in [3.05, 3.63) is 119 Å². The third-order valence-electron chi connectivity index (χ3n) is 6.27. The van der Waals surface area contributed by atoms with E-state index in [0.717, 1.165) is 79.2 Å². The number of allylic oxidation sites excluding steroid dienone is 4. The van der Waals surface area contributed by atoms with E-state index >= 15 is 0 Å². The Morgan fingerprint density at radius 2 is 1.12 bits per heavy atom. The average molecular weight is 459 g/mol. The first-order valence-corrected chi connectivity index (χ1v) is 12.5. The molecule has 2 heteroatoms. The molecule has 0 aliphatic heterocycles. The topological polar surface area (TPSA) is 0 Å². The number of rotatable bonds is 12. The molecule has 3 aromatic rings. The second kappa shape index (κ2) is 13.6. The van der Waals surface area contributed by atoms with Crippen molar-refractivity contribution in [2.24, 2.45) is 0 Å². The summed E-state index contributed by atoms with van der Waals surface area (Å²) in [6.07, 6.45) is 15.3. The van der Waals surface area contributed by atoms with Crippen LogP contribution in [-0.4, -0.2) is 0 Å². The maximum Gasteiger partial charge on any atom is 0.127 e. The number of hydrogen-bond acceptors (Lipinski definition) is 0. The highest BCUT2D eigenvalue weighted by molar-refractivity contribution is 5.64. The van der Waals surface area contributed by atoms with Crippen LogP contribution >= 0.6 is 0 Å². The summed E-state index contributed by atoms with van der Waals surface area (Å²) in [5.41, 5.74) is 5.82. The molecule has 0 saturated heterocycles. The van der Waals surface area contributed by atoms with E-state index in [1.54, 1.807) is 12.1 Å². The number of unbranched alkanes of at least 4 members (excludes halogenated alkanes) is 1. The van der Waals surface area contributed by atoms with E-state index < -0.39 is 0 Å². The van der Waals surface area contributed by atoms with Crippen LogP contribution in [0.15, 0.2) is 85.0 Å². The molecule has 0 aliphatic carbocycles. The van der Waals surface area contributed by atoms with Crippen LogP contribution in [0.5, 0.6) is 0 Å². The summed E-state index contributed by atoms with van der Waals surface area (Å²) >= 11 is 0. The zero-order chi connectivity index (χ0) is 24.2. The molecule has 0 atom stereocenters. The van der Waals surface area contributed by atoms with Crippen LogP contribution in [0.2, 0.25) is 0 Å². The lowest BCUT2D eigenvalue weighted by atomic mass is 9.98. The fourth-order valence-corrected chi connectivity index (χ4v) is 4.21. The zero-order valence-electron chi connectivity index (χ0n) is 20.5. The smallest absolute Gasteiger partial charge is 0.127 e. The molecule has 0 bridgehead atoms. The van der Waals surface area contributed by atoms with Gasteiger partial charge in [0, 0.05) is 0 Å². The van der Waals surface area contributed by atoms with Gasteiger partial charge in [-0.2, -0.15) is 0 Å². The van der Waals surface area contributed by atoms with Gasteiger partial charge in [-0.05, 0) is 111 Å². The first kappa shape index (κ1) is 25.6. The summed E-state index contributed by atoms with van der Waals surface area (Å²) < 4.78 is 28.9. The molecule has 178 valence electrons. The molecule has 3 aromatic carbocycles. The van der Waals surface area contributed by atoms with Crippen molar-refractivity contribution in [3.63, 3.8) is 0 Å². The van der Waals surface area contributed by atoms with Gasteiger partial charge in [-0.1, -0.05) is 72.8 Å². The Morgan fingerprint density at radius 1 is 0.559 bits per heavy atom. The maximum absolute atomic E-state index is 14.5. The predicted molar refractivity (Wildman–Crippen MR) is 141 cm³/mol. The molecule has 0 unspecified atom stereocenters. The lowest BCUT2D eigenvalue weighted by Crippen LogP contribution is -1.95. The lowest BCUT2D eigenvalue weighted by molar-refractivity contribution is 0.598. The molecule has 0 radical (unpaired) electrons. The van der Waals surface area contributed by atoms with Gasteiger partial charge in [0.05, 0.1) is 0 Å². The molecule has 0 fully saturated rings. The largest absolute Gasteiger partial charge is 0.207 e. The van der Waals surface area contributed by atoms with Crippen molar-refractivity contribution in [1.29, 1.82) is 0 Å². The molecule has 0 aromatic heterocycles. The minimum atomic E-state index is -0.135. The quantitative estimate of drug-likeness (QED) is 0.187. The third kappa shape index (κ3) is 7.80. The predicted octanol–water partition coefficient (Wildman–Crippen LogP) is 9.21. The number of halogens is 2. The monoisotopic (exact) mass is 458 g/mol. The summed E-state index contributed by atoms with van der Waals surface area (Å²) in [4.78, 5) is 0. The van der Waals surface area contributed by atoms with Gasteiger partial charge < -0.3 is 0 Å². The van der Waals surface area contributed by atoms with E-state index in [-0.39, 0.29) is 11.6 Å². The van der Waals surface area contributed by atoms with Crippen LogP contribution < -0.4 is 0 Å². The maximum atomic E-state index is 14.5. The van der Waals surface area contributed by atoms with Crippen LogP contribution in [0.25, 0.3) is 11.1 Å². The van der Waals surface area contributed by atoms with Crippen LogP contribution in [0.1, 0.15) is 61.8 Å². The highest BCUT2D eigenvalue weighted by atomic mass is 19.1. The van der Waals surface area contributed by atoms with Gasteiger partial charge in [-0.25, -0.2) is 8.78 Å². The highest BCUT2D eigenvalue weighted by Gasteiger charge is 2.06. The van der Waals surface area contributed by atoms with Crippen molar-refractivity contribution >= 4 is 0 Å². The van der Waals surface area contributed by atoms with E-state index in [1.165, 1.54) is 5.56 Å². The van der Waals surface area contributed by atoms with Crippen molar-refractivity contribution in [2.75, 3.05) is 0 Å². The van der Waals surface area contributed by atoms with E-state index in [4.69, 9.17) is 0 Å². The van der Waals surface area contributed by atoms with Gasteiger partial charge in [0.2, 0.25) is 0 Å². The van der Waals surface area contributed by atoms with Gasteiger partial charge in [-0.15, -0.1) is 0 Å². The van der Waals surface area contributed by atoms with Gasteiger partial charge in [0.1, 0.15) is 11.6 Å². The Kier molecular flexibility index (Phi) is 10.3. The summed E-state index contributed by atoms with van der Waals surface area (Å²) in [5, 5.41) is 0. The van der Waals surface area contributed by atoms with Gasteiger partial charge in [0.15, 0.2) is 0 Å². The average Bonchev–Trinajstić information content (AvgIpc) is 2.84. The van der Waals surface area contributed by atoms with Crippen LogP contribution in [0, 0.1) is 11.6 Å². The normalized spacial score (nSPS) is 11.6. The Morgan fingerprint density at radius 3 is 1.79 bits per heavy atom. The third-order valence-corrected chi connectivity index (χ3v) is 6.27. The molecule has 0 spiro atoms. The second-order valence-corrected chi connectivity index (χ2v) is 8.85. The van der Waals surface area contributed by atoms with Crippen LogP contribution in [0.3, 0.4) is 0 Å². The van der Waals surface area contributed by atoms with Gasteiger partial charge in [0.25, 0.3) is 0 Å². The Labute approximate surface area is 204 Å². The zero-order valence-corrected chi connectivity index (χ0v) is 20.5.